The maximum absolute atomic E-state index is 14.1. The Bertz CT molecular complexity index is 1570. The van der Waals surface area contributed by atoms with Crippen molar-refractivity contribution in [2.24, 2.45) is 0 Å². The molecule has 5 aromatic rings. The lowest BCUT2D eigenvalue weighted by atomic mass is 9.98. The van der Waals surface area contributed by atoms with Gasteiger partial charge in [-0.3, -0.25) is 4.79 Å². The molecule has 1 aliphatic heterocycles. The monoisotopic (exact) mass is 483 g/mol. The minimum atomic E-state index is -0.411. The number of amides is 1. The van der Waals surface area contributed by atoms with Crippen molar-refractivity contribution < 1.29 is 13.9 Å². The smallest absolute Gasteiger partial charge is 0.224 e. The number of rotatable bonds is 5. The molecule has 1 amide bonds. The maximum Gasteiger partial charge on any atom is 0.224 e. The normalized spacial score (nSPS) is 12.9. The van der Waals surface area contributed by atoms with Gasteiger partial charge in [0.2, 0.25) is 5.91 Å². The molecule has 0 radical (unpaired) electrons. The Morgan fingerprint density at radius 2 is 1.86 bits per heavy atom. The van der Waals surface area contributed by atoms with Gasteiger partial charge in [-0.25, -0.2) is 14.4 Å². The summed E-state index contributed by atoms with van der Waals surface area (Å²) in [7, 11) is 0. The molecule has 0 fully saturated rings. The largest absolute Gasteiger partial charge is 0.485 e. The molecule has 1 aliphatic rings. The van der Waals surface area contributed by atoms with E-state index < -0.39 is 5.82 Å². The molecule has 0 spiro atoms. The number of aryl methyl sites for hydroxylation is 1. The second-order valence-electron chi connectivity index (χ2n) is 8.07. The van der Waals surface area contributed by atoms with Gasteiger partial charge in [0, 0.05) is 47.1 Å². The Morgan fingerprint density at radius 3 is 2.74 bits per heavy atom. The number of anilines is 1. The molecule has 0 unspecified atom stereocenters. The van der Waals surface area contributed by atoms with E-state index in [2.05, 4.69) is 31.5 Å². The van der Waals surface area contributed by atoms with E-state index in [4.69, 9.17) is 4.74 Å². The minimum absolute atomic E-state index is 0.0331. The number of nitrogens with zero attached hydrogens (tertiary/aromatic N) is 4. The molecule has 3 aromatic heterocycles. The summed E-state index contributed by atoms with van der Waals surface area (Å²) in [6, 6.07) is 14.0. The fourth-order valence-electron chi connectivity index (χ4n) is 4.16. The van der Waals surface area contributed by atoms with Gasteiger partial charge in [0.05, 0.1) is 4.70 Å². The fourth-order valence-corrected chi connectivity index (χ4v) is 5.05. The summed E-state index contributed by atoms with van der Waals surface area (Å²) in [5.41, 5.74) is 4.86. The number of carbonyl (C=O) groups excluding carboxylic acids is 1. The Hall–Kier alpha value is -4.24. The summed E-state index contributed by atoms with van der Waals surface area (Å²) in [6.07, 6.45) is 4.42. The molecule has 6 rings (SSSR count). The van der Waals surface area contributed by atoms with Gasteiger partial charge >= 0.3 is 0 Å². The summed E-state index contributed by atoms with van der Waals surface area (Å²) in [5, 5.41) is 15.0. The Kier molecular flexibility index (Phi) is 5.38. The first-order chi connectivity index (χ1) is 17.2. The highest BCUT2D eigenvalue weighted by Gasteiger charge is 2.20. The van der Waals surface area contributed by atoms with E-state index in [1.807, 2.05) is 23.6 Å². The first-order valence-corrected chi connectivity index (χ1v) is 11.9. The van der Waals surface area contributed by atoms with Gasteiger partial charge in [-0.05, 0) is 53.8 Å². The van der Waals surface area contributed by atoms with E-state index >= 15 is 0 Å². The SMILES string of the molecule is O=C1CCc2cc(-c3nnc(-c4ccc(F)cc4OCc4ncccn4)c4sccc34)ccc2N1. The van der Waals surface area contributed by atoms with Crippen molar-refractivity contribution in [2.75, 3.05) is 5.32 Å². The lowest BCUT2D eigenvalue weighted by molar-refractivity contribution is -0.116. The number of hydrogen-bond donors (Lipinski definition) is 1. The molecular formula is C26H18FN5O2S. The quantitative estimate of drug-likeness (QED) is 0.359. The van der Waals surface area contributed by atoms with E-state index in [1.54, 1.807) is 35.9 Å². The Labute approximate surface area is 203 Å². The lowest BCUT2D eigenvalue weighted by Crippen LogP contribution is -2.18. The number of carbonyl (C=O) groups is 1. The zero-order chi connectivity index (χ0) is 23.8. The van der Waals surface area contributed by atoms with Gasteiger partial charge in [0.25, 0.3) is 0 Å². The summed E-state index contributed by atoms with van der Waals surface area (Å²) in [6.45, 7) is 0.0993. The molecule has 0 aliphatic carbocycles. The highest BCUT2D eigenvalue weighted by atomic mass is 32.1. The third-order valence-corrected chi connectivity index (χ3v) is 6.76. The summed E-state index contributed by atoms with van der Waals surface area (Å²) in [4.78, 5) is 20.0. The molecule has 0 atom stereocenters. The zero-order valence-corrected chi connectivity index (χ0v) is 19.2. The van der Waals surface area contributed by atoms with Crippen LogP contribution in [0.25, 0.3) is 32.6 Å². The van der Waals surface area contributed by atoms with E-state index in [0.717, 1.165) is 32.6 Å². The Morgan fingerprint density at radius 1 is 1.00 bits per heavy atom. The van der Waals surface area contributed by atoms with Crippen LogP contribution >= 0.6 is 11.3 Å². The average molecular weight is 484 g/mol. The van der Waals surface area contributed by atoms with Gasteiger partial charge < -0.3 is 10.1 Å². The third-order valence-electron chi connectivity index (χ3n) is 5.83. The predicted molar refractivity (Wildman–Crippen MR) is 132 cm³/mol. The molecule has 0 saturated heterocycles. The number of ether oxygens (including phenoxy) is 1. The first kappa shape index (κ1) is 21.3. The molecule has 172 valence electrons. The van der Waals surface area contributed by atoms with Crippen molar-refractivity contribution in [2.45, 2.75) is 19.4 Å². The molecule has 4 heterocycles. The second kappa shape index (κ2) is 8.84. The van der Waals surface area contributed by atoms with Crippen LogP contribution in [0, 0.1) is 5.82 Å². The number of benzene rings is 2. The minimum Gasteiger partial charge on any atom is -0.485 e. The lowest BCUT2D eigenvalue weighted by Gasteiger charge is -2.17. The zero-order valence-electron chi connectivity index (χ0n) is 18.4. The van der Waals surface area contributed by atoms with Crippen LogP contribution in [-0.2, 0) is 17.8 Å². The standard InChI is InChI=1S/C26H18FN5O2S/c27-17-4-5-18(21(13-17)34-14-22-28-9-1-10-29-22)25-26-19(8-11-35-26)24(31-32-25)16-2-6-20-15(12-16)3-7-23(33)30-20/h1-2,4-6,8-13H,3,7,14H2,(H,30,33). The molecular weight excluding hydrogens is 465 g/mol. The molecule has 9 heteroatoms. The Balaban J connectivity index is 1.40. The van der Waals surface area contributed by atoms with Crippen molar-refractivity contribution in [1.29, 1.82) is 0 Å². The highest BCUT2D eigenvalue weighted by molar-refractivity contribution is 7.17. The number of hydrogen-bond acceptors (Lipinski definition) is 7. The van der Waals surface area contributed by atoms with E-state index in [-0.39, 0.29) is 12.5 Å². The van der Waals surface area contributed by atoms with Gasteiger partial charge in [-0.2, -0.15) is 0 Å². The van der Waals surface area contributed by atoms with Gasteiger partial charge in [-0.1, -0.05) is 6.07 Å². The predicted octanol–water partition coefficient (Wildman–Crippen LogP) is 5.42. The van der Waals surface area contributed by atoms with Crippen LogP contribution in [0.2, 0.25) is 0 Å². The van der Waals surface area contributed by atoms with Crippen LogP contribution in [0.5, 0.6) is 5.75 Å². The summed E-state index contributed by atoms with van der Waals surface area (Å²) in [5.74, 6) is 0.462. The number of nitrogens with one attached hydrogen (secondary N) is 1. The van der Waals surface area contributed by atoms with Crippen LogP contribution < -0.4 is 10.1 Å². The van der Waals surface area contributed by atoms with Crippen LogP contribution in [0.4, 0.5) is 10.1 Å². The fraction of sp³-hybridized carbons (Fsp3) is 0.115. The van der Waals surface area contributed by atoms with Crippen molar-refractivity contribution in [3.05, 3.63) is 83.5 Å². The number of thiophene rings is 1. The van der Waals surface area contributed by atoms with Crippen LogP contribution in [0.3, 0.4) is 0 Å². The van der Waals surface area contributed by atoms with Crippen molar-refractivity contribution in [1.82, 2.24) is 20.2 Å². The van der Waals surface area contributed by atoms with Crippen LogP contribution in [0.15, 0.2) is 66.3 Å². The second-order valence-corrected chi connectivity index (χ2v) is 8.99. The maximum atomic E-state index is 14.1. The van der Waals surface area contributed by atoms with Crippen molar-refractivity contribution in [3.63, 3.8) is 0 Å². The summed E-state index contributed by atoms with van der Waals surface area (Å²) < 4.78 is 21.0. The number of aromatic nitrogens is 4. The topological polar surface area (TPSA) is 89.9 Å². The summed E-state index contributed by atoms with van der Waals surface area (Å²) >= 11 is 1.54. The molecule has 0 saturated carbocycles. The average Bonchev–Trinajstić information content (AvgIpc) is 3.38. The molecule has 0 bridgehead atoms. The van der Waals surface area contributed by atoms with Crippen LogP contribution in [-0.4, -0.2) is 26.1 Å². The molecule has 1 N–H and O–H groups in total. The van der Waals surface area contributed by atoms with Crippen molar-refractivity contribution >= 4 is 33.0 Å². The van der Waals surface area contributed by atoms with E-state index in [0.29, 0.717) is 35.7 Å². The first-order valence-electron chi connectivity index (χ1n) is 11.0. The van der Waals surface area contributed by atoms with E-state index in [9.17, 15) is 9.18 Å². The molecule has 35 heavy (non-hydrogen) atoms. The van der Waals surface area contributed by atoms with Gasteiger partial charge in [0.15, 0.2) is 5.82 Å². The molecule has 7 nitrogen and oxygen atoms in total. The number of halogens is 1. The van der Waals surface area contributed by atoms with Crippen LogP contribution in [0.1, 0.15) is 17.8 Å². The third kappa shape index (κ3) is 4.10. The van der Waals surface area contributed by atoms with Gasteiger partial charge in [-0.15, -0.1) is 21.5 Å². The molecule has 2 aromatic carbocycles. The van der Waals surface area contributed by atoms with Crippen molar-refractivity contribution in [3.8, 4) is 28.3 Å². The highest BCUT2D eigenvalue weighted by Crippen LogP contribution is 2.40. The number of fused-ring (bicyclic) bond motifs is 2. The van der Waals surface area contributed by atoms with E-state index in [1.165, 1.54) is 12.1 Å². The van der Waals surface area contributed by atoms with Gasteiger partial charge in [0.1, 0.15) is 29.6 Å².